The van der Waals surface area contributed by atoms with Crippen molar-refractivity contribution in [1.29, 1.82) is 0 Å². The van der Waals surface area contributed by atoms with E-state index in [1.807, 2.05) is 13.0 Å². The SMILES string of the molecule is C[C@H](NC(=O)[C@H]1CC=CCC1)c1ccc(S(N)(=O)=O)cc1. The van der Waals surface area contributed by atoms with E-state index in [2.05, 4.69) is 11.4 Å². The van der Waals surface area contributed by atoms with Gasteiger partial charge in [-0.1, -0.05) is 24.3 Å². The third-order valence-corrected chi connectivity index (χ3v) is 4.64. The number of hydrogen-bond donors (Lipinski definition) is 2. The molecule has 0 aromatic heterocycles. The highest BCUT2D eigenvalue weighted by Crippen LogP contribution is 2.21. The van der Waals surface area contributed by atoms with Gasteiger partial charge in [0.25, 0.3) is 0 Å². The molecule has 21 heavy (non-hydrogen) atoms. The fourth-order valence-electron chi connectivity index (χ4n) is 2.39. The third kappa shape index (κ3) is 4.15. The number of nitrogens with one attached hydrogen (secondary N) is 1. The van der Waals surface area contributed by atoms with Crippen LogP contribution in [0.3, 0.4) is 0 Å². The second-order valence-corrected chi connectivity index (χ2v) is 6.89. The lowest BCUT2D eigenvalue weighted by atomic mass is 9.93. The van der Waals surface area contributed by atoms with Crippen LogP contribution in [0.25, 0.3) is 0 Å². The van der Waals surface area contributed by atoms with Crippen molar-refractivity contribution >= 4 is 15.9 Å². The molecule has 1 amide bonds. The minimum absolute atomic E-state index is 0.0288. The topological polar surface area (TPSA) is 89.3 Å². The Bertz CT molecular complexity index is 635. The van der Waals surface area contributed by atoms with E-state index in [0.29, 0.717) is 0 Å². The van der Waals surface area contributed by atoms with Crippen molar-refractivity contribution in [2.24, 2.45) is 11.1 Å². The van der Waals surface area contributed by atoms with Crippen molar-refractivity contribution in [2.75, 3.05) is 0 Å². The second kappa shape index (κ2) is 6.41. The van der Waals surface area contributed by atoms with Crippen LogP contribution in [0.2, 0.25) is 0 Å². The number of sulfonamides is 1. The number of carbonyl (C=O) groups is 1. The van der Waals surface area contributed by atoms with Crippen molar-refractivity contribution in [3.63, 3.8) is 0 Å². The molecule has 0 spiro atoms. The zero-order valence-corrected chi connectivity index (χ0v) is 12.8. The molecule has 0 fully saturated rings. The summed E-state index contributed by atoms with van der Waals surface area (Å²) in [4.78, 5) is 12.2. The summed E-state index contributed by atoms with van der Waals surface area (Å²) in [6.45, 7) is 1.88. The van der Waals surface area contributed by atoms with Gasteiger partial charge in [0.15, 0.2) is 0 Å². The summed E-state index contributed by atoms with van der Waals surface area (Å²) >= 11 is 0. The van der Waals surface area contributed by atoms with Crippen molar-refractivity contribution in [1.82, 2.24) is 5.32 Å². The molecule has 2 atom stereocenters. The maximum Gasteiger partial charge on any atom is 0.238 e. The van der Waals surface area contributed by atoms with Crippen molar-refractivity contribution in [2.45, 2.75) is 37.1 Å². The number of benzene rings is 1. The highest BCUT2D eigenvalue weighted by atomic mass is 32.2. The number of rotatable bonds is 4. The first kappa shape index (κ1) is 15.7. The van der Waals surface area contributed by atoms with Gasteiger partial charge in [-0.25, -0.2) is 13.6 Å². The minimum atomic E-state index is -3.68. The molecule has 1 aliphatic rings. The largest absolute Gasteiger partial charge is 0.349 e. The van der Waals surface area contributed by atoms with Crippen molar-refractivity contribution in [3.05, 3.63) is 42.0 Å². The van der Waals surface area contributed by atoms with Crippen molar-refractivity contribution in [3.8, 4) is 0 Å². The van der Waals surface area contributed by atoms with E-state index in [4.69, 9.17) is 5.14 Å². The Labute approximate surface area is 125 Å². The van der Waals surface area contributed by atoms with Gasteiger partial charge >= 0.3 is 0 Å². The summed E-state index contributed by atoms with van der Waals surface area (Å²) in [5.74, 6) is 0.0727. The van der Waals surface area contributed by atoms with Gasteiger partial charge in [0.1, 0.15) is 0 Å². The summed E-state index contributed by atoms with van der Waals surface area (Å²) < 4.78 is 22.4. The summed E-state index contributed by atoms with van der Waals surface area (Å²) in [6.07, 6.45) is 6.73. The molecule has 6 heteroatoms. The van der Waals surface area contributed by atoms with Gasteiger partial charge in [-0.05, 0) is 43.9 Å². The van der Waals surface area contributed by atoms with Gasteiger partial charge < -0.3 is 5.32 Å². The van der Waals surface area contributed by atoms with E-state index in [0.717, 1.165) is 24.8 Å². The molecule has 0 bridgehead atoms. The number of carbonyl (C=O) groups excluding carboxylic acids is 1. The first-order valence-corrected chi connectivity index (χ1v) is 8.50. The fourth-order valence-corrected chi connectivity index (χ4v) is 2.91. The van der Waals surface area contributed by atoms with Crippen LogP contribution in [-0.2, 0) is 14.8 Å². The highest BCUT2D eigenvalue weighted by molar-refractivity contribution is 7.89. The van der Waals surface area contributed by atoms with Crippen LogP contribution in [0.1, 0.15) is 37.8 Å². The monoisotopic (exact) mass is 308 g/mol. The predicted octanol–water partition coefficient (Wildman–Crippen LogP) is 1.87. The van der Waals surface area contributed by atoms with E-state index in [9.17, 15) is 13.2 Å². The Morgan fingerprint density at radius 3 is 2.48 bits per heavy atom. The van der Waals surface area contributed by atoms with Crippen LogP contribution in [0.15, 0.2) is 41.3 Å². The van der Waals surface area contributed by atoms with E-state index >= 15 is 0 Å². The zero-order valence-electron chi connectivity index (χ0n) is 12.0. The lowest BCUT2D eigenvalue weighted by Gasteiger charge is -2.21. The van der Waals surface area contributed by atoms with E-state index in [1.165, 1.54) is 12.1 Å². The smallest absolute Gasteiger partial charge is 0.238 e. The molecule has 0 unspecified atom stereocenters. The molecule has 1 aromatic carbocycles. The van der Waals surface area contributed by atoms with Crippen molar-refractivity contribution < 1.29 is 13.2 Å². The lowest BCUT2D eigenvalue weighted by molar-refractivity contribution is -0.125. The van der Waals surface area contributed by atoms with Gasteiger partial charge in [0.05, 0.1) is 10.9 Å². The van der Waals surface area contributed by atoms with E-state index < -0.39 is 10.0 Å². The maximum absolute atomic E-state index is 12.1. The minimum Gasteiger partial charge on any atom is -0.349 e. The van der Waals surface area contributed by atoms with Crippen LogP contribution < -0.4 is 10.5 Å². The van der Waals surface area contributed by atoms with Gasteiger partial charge in [0, 0.05) is 5.92 Å². The normalized spacial score (nSPS) is 20.0. The molecule has 0 saturated heterocycles. The highest BCUT2D eigenvalue weighted by Gasteiger charge is 2.20. The standard InChI is InChI=1S/C15H20N2O3S/c1-11(17-15(18)13-5-3-2-4-6-13)12-7-9-14(10-8-12)21(16,19)20/h2-3,7-11,13H,4-6H2,1H3,(H,17,18)(H2,16,19,20)/t11-,13-/m0/s1. The van der Waals surface area contributed by atoms with Crippen LogP contribution in [0, 0.1) is 5.92 Å². The molecule has 0 heterocycles. The fraction of sp³-hybridized carbons (Fsp3) is 0.400. The average Bonchev–Trinajstić information content (AvgIpc) is 2.47. The second-order valence-electron chi connectivity index (χ2n) is 5.33. The first-order chi connectivity index (χ1) is 9.88. The summed E-state index contributed by atoms with van der Waals surface area (Å²) in [6, 6.07) is 6.09. The first-order valence-electron chi connectivity index (χ1n) is 6.96. The Morgan fingerprint density at radius 1 is 1.29 bits per heavy atom. The van der Waals surface area contributed by atoms with Crippen LogP contribution >= 0.6 is 0 Å². The Balaban J connectivity index is 2.01. The van der Waals surface area contributed by atoms with Crippen LogP contribution in [-0.4, -0.2) is 14.3 Å². The molecule has 2 rings (SSSR count). The van der Waals surface area contributed by atoms with Crippen LogP contribution in [0.4, 0.5) is 0 Å². The molecule has 0 radical (unpaired) electrons. The average molecular weight is 308 g/mol. The molecule has 0 saturated carbocycles. The third-order valence-electron chi connectivity index (χ3n) is 3.71. The maximum atomic E-state index is 12.1. The van der Waals surface area contributed by atoms with Gasteiger partial charge in [-0.3, -0.25) is 4.79 Å². The summed E-state index contributed by atoms with van der Waals surface area (Å²) in [5, 5.41) is 8.03. The summed E-state index contributed by atoms with van der Waals surface area (Å²) in [7, 11) is -3.68. The molecule has 1 aromatic rings. The molecular weight excluding hydrogens is 288 g/mol. The Kier molecular flexibility index (Phi) is 4.80. The van der Waals surface area contributed by atoms with Crippen LogP contribution in [0.5, 0.6) is 0 Å². The Hall–Kier alpha value is -1.66. The number of primary sulfonamides is 1. The lowest BCUT2D eigenvalue weighted by Crippen LogP contribution is -2.33. The zero-order chi connectivity index (χ0) is 15.5. The number of hydrogen-bond acceptors (Lipinski definition) is 3. The molecule has 5 nitrogen and oxygen atoms in total. The molecule has 3 N–H and O–H groups in total. The summed E-state index contributed by atoms with van der Waals surface area (Å²) in [5.41, 5.74) is 0.849. The molecule has 1 aliphatic carbocycles. The van der Waals surface area contributed by atoms with Gasteiger partial charge in [-0.15, -0.1) is 0 Å². The Morgan fingerprint density at radius 2 is 1.95 bits per heavy atom. The number of amides is 1. The molecule has 114 valence electrons. The number of nitrogens with two attached hydrogens (primary N) is 1. The quantitative estimate of drug-likeness (QED) is 0.832. The van der Waals surface area contributed by atoms with E-state index in [1.54, 1.807) is 12.1 Å². The molecular formula is C15H20N2O3S. The number of allylic oxidation sites excluding steroid dienone is 2. The molecule has 0 aliphatic heterocycles. The van der Waals surface area contributed by atoms with Gasteiger partial charge in [-0.2, -0.15) is 0 Å². The van der Waals surface area contributed by atoms with Gasteiger partial charge in [0.2, 0.25) is 15.9 Å². The predicted molar refractivity (Wildman–Crippen MR) is 80.9 cm³/mol. The van der Waals surface area contributed by atoms with E-state index in [-0.39, 0.29) is 22.8 Å².